The van der Waals surface area contributed by atoms with E-state index in [-0.39, 0.29) is 16.6 Å². The van der Waals surface area contributed by atoms with E-state index < -0.39 is 22.5 Å². The summed E-state index contributed by atoms with van der Waals surface area (Å²) < 4.78 is 38.8. The van der Waals surface area contributed by atoms with Gasteiger partial charge in [0.15, 0.2) is 0 Å². The zero-order valence-corrected chi connectivity index (χ0v) is 19.0. The van der Waals surface area contributed by atoms with Gasteiger partial charge >= 0.3 is 0 Å². The molecule has 1 amide bonds. The van der Waals surface area contributed by atoms with Crippen LogP contribution in [0.1, 0.15) is 18.5 Å². The molecule has 8 heteroatoms. The molecule has 0 aliphatic rings. The topological polar surface area (TPSA) is 84.9 Å². The summed E-state index contributed by atoms with van der Waals surface area (Å²) in [6.45, 7) is 1.41. The Morgan fingerprint density at radius 1 is 0.938 bits per heavy atom. The van der Waals surface area contributed by atoms with E-state index in [2.05, 4.69) is 5.32 Å². The van der Waals surface area contributed by atoms with Crippen molar-refractivity contribution in [2.24, 2.45) is 0 Å². The Labute approximate surface area is 188 Å². The molecule has 3 aromatic carbocycles. The highest BCUT2D eigenvalue weighted by molar-refractivity contribution is 7.92. The van der Waals surface area contributed by atoms with Crippen molar-refractivity contribution >= 4 is 21.6 Å². The van der Waals surface area contributed by atoms with Gasteiger partial charge < -0.3 is 14.8 Å². The Bertz CT molecular complexity index is 1150. The van der Waals surface area contributed by atoms with E-state index in [1.165, 1.54) is 32.4 Å². The number of nitrogens with one attached hydrogen (secondary N) is 1. The van der Waals surface area contributed by atoms with Gasteiger partial charge in [-0.25, -0.2) is 8.42 Å². The van der Waals surface area contributed by atoms with Gasteiger partial charge in [0.2, 0.25) is 5.91 Å². The average Bonchev–Trinajstić information content (AvgIpc) is 2.83. The van der Waals surface area contributed by atoms with Crippen LogP contribution in [-0.2, 0) is 14.8 Å². The molecule has 0 fully saturated rings. The third-order valence-electron chi connectivity index (χ3n) is 4.95. The standard InChI is InChI=1S/C24H26N2O5S/c1-18(19-10-6-4-7-11-19)25-24(27)17-26(32(28,29)21-12-8-5-9-13-21)22-16-20(30-2)14-15-23(22)31-3/h4-16,18H,17H2,1-3H3,(H,25,27)/t18-/m1/s1. The molecule has 0 radical (unpaired) electrons. The minimum atomic E-state index is -4.07. The molecule has 3 rings (SSSR count). The van der Waals surface area contributed by atoms with Crippen molar-refractivity contribution in [2.75, 3.05) is 25.1 Å². The third-order valence-corrected chi connectivity index (χ3v) is 6.72. The zero-order chi connectivity index (χ0) is 23.1. The lowest BCUT2D eigenvalue weighted by atomic mass is 10.1. The first-order valence-electron chi connectivity index (χ1n) is 10.0. The van der Waals surface area contributed by atoms with E-state index in [4.69, 9.17) is 9.47 Å². The van der Waals surface area contributed by atoms with Gasteiger partial charge in [-0.1, -0.05) is 48.5 Å². The van der Waals surface area contributed by atoms with Crippen molar-refractivity contribution in [3.63, 3.8) is 0 Å². The second-order valence-electron chi connectivity index (χ2n) is 7.06. The quantitative estimate of drug-likeness (QED) is 0.532. The molecule has 168 valence electrons. The number of rotatable bonds is 9. The second-order valence-corrected chi connectivity index (χ2v) is 8.92. The summed E-state index contributed by atoms with van der Waals surface area (Å²) in [5.41, 5.74) is 1.12. The molecule has 0 unspecified atom stereocenters. The number of nitrogens with zero attached hydrogens (tertiary/aromatic N) is 1. The van der Waals surface area contributed by atoms with Crippen LogP contribution in [0.15, 0.2) is 83.8 Å². The van der Waals surface area contributed by atoms with E-state index in [1.54, 1.807) is 30.3 Å². The van der Waals surface area contributed by atoms with Crippen LogP contribution in [0, 0.1) is 0 Å². The van der Waals surface area contributed by atoms with Crippen molar-refractivity contribution in [1.82, 2.24) is 5.32 Å². The number of ether oxygens (including phenoxy) is 2. The van der Waals surface area contributed by atoms with Gasteiger partial charge in [-0.3, -0.25) is 9.10 Å². The maximum Gasteiger partial charge on any atom is 0.264 e. The second kappa shape index (κ2) is 10.2. The lowest BCUT2D eigenvalue weighted by Gasteiger charge is -2.26. The summed E-state index contributed by atoms with van der Waals surface area (Å²) in [4.78, 5) is 13.0. The number of hydrogen-bond acceptors (Lipinski definition) is 5. The predicted octanol–water partition coefficient (Wildman–Crippen LogP) is 3.78. The van der Waals surface area contributed by atoms with E-state index in [0.717, 1.165) is 9.87 Å². The maximum absolute atomic E-state index is 13.5. The fourth-order valence-electron chi connectivity index (χ4n) is 3.25. The Kier molecular flexibility index (Phi) is 7.37. The maximum atomic E-state index is 13.5. The van der Waals surface area contributed by atoms with Crippen LogP contribution < -0.4 is 19.1 Å². The van der Waals surface area contributed by atoms with E-state index in [1.807, 2.05) is 37.3 Å². The van der Waals surface area contributed by atoms with Gasteiger partial charge in [0.1, 0.15) is 18.0 Å². The number of sulfonamides is 1. The molecule has 1 N–H and O–H groups in total. The summed E-state index contributed by atoms with van der Waals surface area (Å²) >= 11 is 0. The van der Waals surface area contributed by atoms with Gasteiger partial charge in [0.05, 0.1) is 30.8 Å². The van der Waals surface area contributed by atoms with Crippen LogP contribution in [-0.4, -0.2) is 35.1 Å². The molecule has 0 saturated carbocycles. The van der Waals surface area contributed by atoms with Crippen LogP contribution in [0.2, 0.25) is 0 Å². The van der Waals surface area contributed by atoms with Crippen molar-refractivity contribution in [1.29, 1.82) is 0 Å². The number of amides is 1. The minimum Gasteiger partial charge on any atom is -0.497 e. The van der Waals surface area contributed by atoms with Crippen LogP contribution in [0.4, 0.5) is 5.69 Å². The molecule has 0 heterocycles. The molecule has 1 atom stereocenters. The van der Waals surface area contributed by atoms with Crippen molar-refractivity contribution in [3.05, 3.63) is 84.4 Å². The first-order valence-corrected chi connectivity index (χ1v) is 11.4. The number of hydrogen-bond donors (Lipinski definition) is 1. The molecule has 0 spiro atoms. The Morgan fingerprint density at radius 3 is 2.16 bits per heavy atom. The first-order chi connectivity index (χ1) is 15.4. The normalized spacial score (nSPS) is 12.0. The molecule has 0 aliphatic heterocycles. The monoisotopic (exact) mass is 454 g/mol. The zero-order valence-electron chi connectivity index (χ0n) is 18.2. The van der Waals surface area contributed by atoms with Gasteiger partial charge in [-0.2, -0.15) is 0 Å². The van der Waals surface area contributed by atoms with Gasteiger partial charge in [0, 0.05) is 6.07 Å². The van der Waals surface area contributed by atoms with Crippen LogP contribution in [0.25, 0.3) is 0 Å². The Balaban J connectivity index is 1.99. The highest BCUT2D eigenvalue weighted by Crippen LogP contribution is 2.35. The van der Waals surface area contributed by atoms with Gasteiger partial charge in [-0.05, 0) is 36.8 Å². The van der Waals surface area contributed by atoms with Crippen LogP contribution >= 0.6 is 0 Å². The number of anilines is 1. The number of carbonyl (C=O) groups excluding carboxylic acids is 1. The largest absolute Gasteiger partial charge is 0.497 e. The smallest absolute Gasteiger partial charge is 0.264 e. The van der Waals surface area contributed by atoms with Gasteiger partial charge in [0.25, 0.3) is 10.0 Å². The number of methoxy groups -OCH3 is 2. The van der Waals surface area contributed by atoms with Crippen molar-refractivity contribution < 1.29 is 22.7 Å². The molecule has 3 aromatic rings. The highest BCUT2D eigenvalue weighted by atomic mass is 32.2. The third kappa shape index (κ3) is 5.20. The molecule has 0 aliphatic carbocycles. The molecular weight excluding hydrogens is 428 g/mol. The fourth-order valence-corrected chi connectivity index (χ4v) is 4.70. The number of carbonyl (C=O) groups is 1. The Morgan fingerprint density at radius 2 is 1.56 bits per heavy atom. The summed E-state index contributed by atoms with van der Waals surface area (Å²) in [5, 5.41) is 2.87. The van der Waals surface area contributed by atoms with Crippen LogP contribution in [0.3, 0.4) is 0 Å². The molecule has 32 heavy (non-hydrogen) atoms. The average molecular weight is 455 g/mol. The van der Waals surface area contributed by atoms with E-state index in [9.17, 15) is 13.2 Å². The number of benzene rings is 3. The van der Waals surface area contributed by atoms with E-state index in [0.29, 0.717) is 11.5 Å². The molecule has 0 bridgehead atoms. The SMILES string of the molecule is COc1ccc(OC)c(N(CC(=O)N[C@H](C)c2ccccc2)S(=O)(=O)c2ccccc2)c1. The molecule has 7 nitrogen and oxygen atoms in total. The molecule has 0 saturated heterocycles. The minimum absolute atomic E-state index is 0.0637. The van der Waals surface area contributed by atoms with Crippen LogP contribution in [0.5, 0.6) is 11.5 Å². The summed E-state index contributed by atoms with van der Waals surface area (Å²) in [6.07, 6.45) is 0. The molecule has 0 aromatic heterocycles. The van der Waals surface area contributed by atoms with Gasteiger partial charge in [-0.15, -0.1) is 0 Å². The lowest BCUT2D eigenvalue weighted by Crippen LogP contribution is -2.41. The molecular formula is C24H26N2O5S. The lowest BCUT2D eigenvalue weighted by molar-refractivity contribution is -0.120. The first kappa shape index (κ1) is 23.1. The van der Waals surface area contributed by atoms with E-state index >= 15 is 0 Å². The highest BCUT2D eigenvalue weighted by Gasteiger charge is 2.30. The summed E-state index contributed by atoms with van der Waals surface area (Å²) in [7, 11) is -1.15. The summed E-state index contributed by atoms with van der Waals surface area (Å²) in [5.74, 6) is 0.284. The van der Waals surface area contributed by atoms with Crippen molar-refractivity contribution in [2.45, 2.75) is 17.9 Å². The van der Waals surface area contributed by atoms with Crippen molar-refractivity contribution in [3.8, 4) is 11.5 Å². The Hall–Kier alpha value is -3.52. The fraction of sp³-hybridized carbons (Fsp3) is 0.208. The predicted molar refractivity (Wildman–Crippen MR) is 124 cm³/mol. The summed E-state index contributed by atoms with van der Waals surface area (Å²) in [6, 6.07) is 21.9.